The van der Waals surface area contributed by atoms with Gasteiger partial charge in [0.25, 0.3) is 0 Å². The number of rotatable bonds is 3. The van der Waals surface area contributed by atoms with Crippen LogP contribution in [0, 0.1) is 5.92 Å². The number of thiophene rings is 1. The predicted octanol–water partition coefficient (Wildman–Crippen LogP) is 4.55. The molecule has 4 nitrogen and oxygen atoms in total. The van der Waals surface area contributed by atoms with Gasteiger partial charge in [-0.1, -0.05) is 13.8 Å². The molecule has 1 saturated heterocycles. The highest BCUT2D eigenvalue weighted by Crippen LogP contribution is 2.35. The Kier molecular flexibility index (Phi) is 4.19. The number of piperidine rings is 1. The van der Waals surface area contributed by atoms with Crippen LogP contribution in [-0.2, 0) is 6.42 Å². The fourth-order valence-corrected chi connectivity index (χ4v) is 4.34. The van der Waals surface area contributed by atoms with Crippen molar-refractivity contribution in [2.24, 2.45) is 5.92 Å². The lowest BCUT2D eigenvalue weighted by atomic mass is 10.0. The Balaban J connectivity index is 1.87. The van der Waals surface area contributed by atoms with E-state index in [2.05, 4.69) is 29.8 Å². The third-order valence-electron chi connectivity index (χ3n) is 4.65. The van der Waals surface area contributed by atoms with Crippen LogP contribution in [0.3, 0.4) is 0 Å². The predicted molar refractivity (Wildman–Crippen MR) is 101 cm³/mol. The molecule has 1 aliphatic rings. The van der Waals surface area contributed by atoms with Crippen molar-refractivity contribution in [2.45, 2.75) is 33.1 Å². The van der Waals surface area contributed by atoms with Gasteiger partial charge in [0.05, 0.1) is 5.39 Å². The minimum absolute atomic E-state index is 0.717. The summed E-state index contributed by atoms with van der Waals surface area (Å²) in [6, 6.07) is 6.25. The summed E-state index contributed by atoms with van der Waals surface area (Å²) in [5.74, 6) is 2.60. The van der Waals surface area contributed by atoms with Crippen molar-refractivity contribution < 1.29 is 0 Å². The van der Waals surface area contributed by atoms with Crippen molar-refractivity contribution in [1.29, 1.82) is 0 Å². The van der Waals surface area contributed by atoms with Gasteiger partial charge in [-0.3, -0.25) is 4.98 Å². The van der Waals surface area contributed by atoms with Crippen LogP contribution in [0.4, 0.5) is 5.82 Å². The molecular formula is C19H22N4S. The molecule has 1 unspecified atom stereocenters. The minimum Gasteiger partial charge on any atom is -0.356 e. The average molecular weight is 338 g/mol. The Labute approximate surface area is 146 Å². The summed E-state index contributed by atoms with van der Waals surface area (Å²) in [5, 5.41) is 1.21. The van der Waals surface area contributed by atoms with Crippen LogP contribution in [-0.4, -0.2) is 28.0 Å². The Hall–Kier alpha value is -2.01. The zero-order chi connectivity index (χ0) is 16.5. The fraction of sp³-hybridized carbons (Fsp3) is 0.421. The molecule has 0 bridgehead atoms. The molecule has 4 rings (SSSR count). The lowest BCUT2D eigenvalue weighted by Crippen LogP contribution is -2.35. The summed E-state index contributed by atoms with van der Waals surface area (Å²) in [7, 11) is 0. The monoisotopic (exact) mass is 338 g/mol. The first-order valence-corrected chi connectivity index (χ1v) is 9.52. The Morgan fingerprint density at radius 3 is 3.00 bits per heavy atom. The SMILES string of the molecule is CCc1cc2c(N3CCCC(C)C3)nc(-c3cccnc3)nc2s1. The molecule has 0 spiro atoms. The van der Waals surface area contributed by atoms with Crippen molar-refractivity contribution in [2.75, 3.05) is 18.0 Å². The molecule has 0 aliphatic carbocycles. The molecule has 0 N–H and O–H groups in total. The third kappa shape index (κ3) is 2.88. The van der Waals surface area contributed by atoms with E-state index in [1.54, 1.807) is 17.5 Å². The number of pyridine rings is 1. The Morgan fingerprint density at radius 1 is 1.33 bits per heavy atom. The van der Waals surface area contributed by atoms with Crippen LogP contribution in [0.2, 0.25) is 0 Å². The molecule has 1 aliphatic heterocycles. The van der Waals surface area contributed by atoms with E-state index in [0.29, 0.717) is 0 Å². The van der Waals surface area contributed by atoms with E-state index in [4.69, 9.17) is 9.97 Å². The molecule has 5 heteroatoms. The normalized spacial score (nSPS) is 18.2. The molecule has 3 aromatic rings. The molecule has 0 aromatic carbocycles. The summed E-state index contributed by atoms with van der Waals surface area (Å²) < 4.78 is 0. The highest BCUT2D eigenvalue weighted by Gasteiger charge is 2.22. The van der Waals surface area contributed by atoms with E-state index in [0.717, 1.165) is 47.5 Å². The van der Waals surface area contributed by atoms with Gasteiger partial charge in [-0.15, -0.1) is 11.3 Å². The topological polar surface area (TPSA) is 41.9 Å². The minimum atomic E-state index is 0.717. The summed E-state index contributed by atoms with van der Waals surface area (Å²) in [6.07, 6.45) is 7.22. The summed E-state index contributed by atoms with van der Waals surface area (Å²) in [5.41, 5.74) is 0.983. The lowest BCUT2D eigenvalue weighted by molar-refractivity contribution is 0.445. The maximum Gasteiger partial charge on any atom is 0.164 e. The second-order valence-corrected chi connectivity index (χ2v) is 7.71. The highest BCUT2D eigenvalue weighted by molar-refractivity contribution is 7.18. The van der Waals surface area contributed by atoms with Gasteiger partial charge in [0.2, 0.25) is 0 Å². The molecule has 24 heavy (non-hydrogen) atoms. The van der Waals surface area contributed by atoms with Gasteiger partial charge in [0, 0.05) is 35.9 Å². The number of aryl methyl sites for hydroxylation is 1. The first kappa shape index (κ1) is 15.5. The first-order valence-electron chi connectivity index (χ1n) is 8.70. The van der Waals surface area contributed by atoms with Gasteiger partial charge < -0.3 is 4.90 Å². The summed E-state index contributed by atoms with van der Waals surface area (Å²) >= 11 is 1.79. The molecule has 124 valence electrons. The van der Waals surface area contributed by atoms with Gasteiger partial charge in [-0.25, -0.2) is 9.97 Å². The summed E-state index contributed by atoms with van der Waals surface area (Å²) in [4.78, 5) is 18.9. The molecule has 0 radical (unpaired) electrons. The van der Waals surface area contributed by atoms with Crippen LogP contribution in [0.15, 0.2) is 30.6 Å². The number of aromatic nitrogens is 3. The van der Waals surface area contributed by atoms with Crippen LogP contribution in [0.5, 0.6) is 0 Å². The van der Waals surface area contributed by atoms with E-state index in [1.165, 1.54) is 23.1 Å². The van der Waals surface area contributed by atoms with Gasteiger partial charge in [-0.2, -0.15) is 0 Å². The van der Waals surface area contributed by atoms with E-state index >= 15 is 0 Å². The molecule has 0 saturated carbocycles. The summed E-state index contributed by atoms with van der Waals surface area (Å²) in [6.45, 7) is 6.69. The maximum atomic E-state index is 4.96. The maximum absolute atomic E-state index is 4.96. The van der Waals surface area contributed by atoms with Crippen LogP contribution < -0.4 is 4.90 Å². The molecule has 1 atom stereocenters. The van der Waals surface area contributed by atoms with Crippen molar-refractivity contribution in [1.82, 2.24) is 15.0 Å². The second-order valence-electron chi connectivity index (χ2n) is 6.59. The number of anilines is 1. The van der Waals surface area contributed by atoms with Gasteiger partial charge in [0.1, 0.15) is 10.6 Å². The number of hydrogen-bond donors (Lipinski definition) is 0. The van der Waals surface area contributed by atoms with E-state index in [1.807, 2.05) is 18.3 Å². The number of fused-ring (bicyclic) bond motifs is 1. The number of hydrogen-bond acceptors (Lipinski definition) is 5. The Bertz CT molecular complexity index is 843. The second kappa shape index (κ2) is 6.48. The zero-order valence-electron chi connectivity index (χ0n) is 14.2. The smallest absolute Gasteiger partial charge is 0.164 e. The average Bonchev–Trinajstić information content (AvgIpc) is 3.05. The quantitative estimate of drug-likeness (QED) is 0.702. The van der Waals surface area contributed by atoms with Gasteiger partial charge >= 0.3 is 0 Å². The molecule has 3 aromatic heterocycles. The molecular weight excluding hydrogens is 316 g/mol. The van der Waals surface area contributed by atoms with E-state index in [-0.39, 0.29) is 0 Å². The first-order chi connectivity index (χ1) is 11.7. The molecule has 0 amide bonds. The molecule has 1 fully saturated rings. The number of nitrogens with zero attached hydrogens (tertiary/aromatic N) is 4. The van der Waals surface area contributed by atoms with Crippen LogP contribution in [0.25, 0.3) is 21.6 Å². The van der Waals surface area contributed by atoms with E-state index in [9.17, 15) is 0 Å². The van der Waals surface area contributed by atoms with Crippen molar-refractivity contribution >= 4 is 27.4 Å². The largest absolute Gasteiger partial charge is 0.356 e. The van der Waals surface area contributed by atoms with Crippen LogP contribution in [0.1, 0.15) is 31.6 Å². The van der Waals surface area contributed by atoms with Crippen molar-refractivity contribution in [3.8, 4) is 11.4 Å². The fourth-order valence-electron chi connectivity index (χ4n) is 3.38. The molecule has 4 heterocycles. The van der Waals surface area contributed by atoms with E-state index < -0.39 is 0 Å². The highest BCUT2D eigenvalue weighted by atomic mass is 32.1. The van der Waals surface area contributed by atoms with Gasteiger partial charge in [-0.05, 0) is 43.4 Å². The zero-order valence-corrected chi connectivity index (χ0v) is 15.0. The van der Waals surface area contributed by atoms with Gasteiger partial charge in [0.15, 0.2) is 5.82 Å². The van der Waals surface area contributed by atoms with Crippen LogP contribution >= 0.6 is 11.3 Å². The Morgan fingerprint density at radius 2 is 2.25 bits per heavy atom. The van der Waals surface area contributed by atoms with Crippen molar-refractivity contribution in [3.05, 3.63) is 35.5 Å². The third-order valence-corrected chi connectivity index (χ3v) is 5.82. The standard InChI is InChI=1S/C19H22N4S/c1-3-15-10-16-18(23-9-5-6-13(2)12-23)21-17(22-19(16)24-15)14-7-4-8-20-11-14/h4,7-8,10-11,13H,3,5-6,9,12H2,1-2H3. The lowest BCUT2D eigenvalue weighted by Gasteiger charge is -2.32. The van der Waals surface area contributed by atoms with Crippen molar-refractivity contribution in [3.63, 3.8) is 0 Å².